The smallest absolute Gasteiger partial charge is 0.136 e. The van der Waals surface area contributed by atoms with Gasteiger partial charge in [-0.25, -0.2) is 4.98 Å². The lowest BCUT2D eigenvalue weighted by Gasteiger charge is -2.40. The van der Waals surface area contributed by atoms with Crippen molar-refractivity contribution in [1.82, 2.24) is 15.0 Å². The molecule has 1 aliphatic rings. The first kappa shape index (κ1) is 19.7. The first-order chi connectivity index (χ1) is 15.3. The number of carbonyl (C=O) groups excluding carboxylic acids is 1. The van der Waals surface area contributed by atoms with Crippen LogP contribution in [0, 0.1) is 0 Å². The fourth-order valence-electron chi connectivity index (χ4n) is 4.34. The van der Waals surface area contributed by atoms with E-state index in [0.29, 0.717) is 25.9 Å². The zero-order valence-electron chi connectivity index (χ0n) is 17.3. The molecule has 0 aliphatic carbocycles. The first-order valence-electron chi connectivity index (χ1n) is 10.7. The van der Waals surface area contributed by atoms with Crippen molar-refractivity contribution in [3.63, 3.8) is 0 Å². The van der Waals surface area contributed by atoms with Crippen molar-refractivity contribution in [3.8, 4) is 0 Å². The number of aromatic nitrogens is 2. The Kier molecular flexibility index (Phi) is 5.61. The molecular formula is C26H25N3O2. The summed E-state index contributed by atoms with van der Waals surface area (Å²) < 4.78 is 0. The summed E-state index contributed by atoms with van der Waals surface area (Å²) >= 11 is 0. The summed E-state index contributed by atoms with van der Waals surface area (Å²) in [5, 5.41) is 2.04. The van der Waals surface area contributed by atoms with Gasteiger partial charge in [0, 0.05) is 19.3 Å². The number of imidazole rings is 1. The normalized spacial score (nSPS) is 19.7. The van der Waals surface area contributed by atoms with Gasteiger partial charge in [0.1, 0.15) is 11.6 Å². The van der Waals surface area contributed by atoms with Crippen molar-refractivity contribution in [1.29, 1.82) is 0 Å². The summed E-state index contributed by atoms with van der Waals surface area (Å²) in [5.74, 6) is 1.17. The van der Waals surface area contributed by atoms with Crippen LogP contribution in [0.4, 0.5) is 0 Å². The second-order valence-corrected chi connectivity index (χ2v) is 7.94. The van der Waals surface area contributed by atoms with E-state index in [1.54, 1.807) is 0 Å². The van der Waals surface area contributed by atoms with Crippen LogP contribution < -0.4 is 0 Å². The number of benzene rings is 3. The van der Waals surface area contributed by atoms with E-state index in [0.717, 1.165) is 28.0 Å². The number of carbonyl (C=O) groups is 1. The van der Waals surface area contributed by atoms with Gasteiger partial charge in [0.15, 0.2) is 0 Å². The molecule has 0 saturated carbocycles. The molecule has 31 heavy (non-hydrogen) atoms. The van der Waals surface area contributed by atoms with E-state index in [9.17, 15) is 4.79 Å². The third-order valence-electron chi connectivity index (χ3n) is 5.84. The van der Waals surface area contributed by atoms with E-state index in [1.165, 1.54) is 0 Å². The summed E-state index contributed by atoms with van der Waals surface area (Å²) in [4.78, 5) is 27.1. The number of hydroxylamine groups is 2. The maximum absolute atomic E-state index is 12.7. The van der Waals surface area contributed by atoms with Crippen molar-refractivity contribution in [3.05, 3.63) is 102 Å². The number of nitrogens with one attached hydrogen (secondary N) is 1. The van der Waals surface area contributed by atoms with Gasteiger partial charge >= 0.3 is 0 Å². The van der Waals surface area contributed by atoms with Gasteiger partial charge in [-0.1, -0.05) is 72.8 Å². The van der Waals surface area contributed by atoms with Crippen LogP contribution in [0.2, 0.25) is 0 Å². The molecule has 1 fully saturated rings. The van der Waals surface area contributed by atoms with E-state index >= 15 is 0 Å². The number of fused-ring (bicyclic) bond motifs is 1. The summed E-state index contributed by atoms with van der Waals surface area (Å²) in [6.45, 7) is 0.487. The number of para-hydroxylation sites is 2. The minimum Gasteiger partial charge on any atom is -0.342 e. The molecule has 156 valence electrons. The van der Waals surface area contributed by atoms with Crippen LogP contribution in [0.25, 0.3) is 11.0 Å². The Morgan fingerprint density at radius 2 is 1.42 bits per heavy atom. The quantitative estimate of drug-likeness (QED) is 0.475. The molecule has 0 amide bonds. The Bertz CT molecular complexity index is 1070. The highest BCUT2D eigenvalue weighted by Gasteiger charge is 2.37. The van der Waals surface area contributed by atoms with Gasteiger partial charge in [0.25, 0.3) is 0 Å². The second-order valence-electron chi connectivity index (χ2n) is 7.94. The van der Waals surface area contributed by atoms with Gasteiger partial charge in [-0.15, -0.1) is 0 Å². The number of hydrogen-bond acceptors (Lipinski definition) is 4. The minimum atomic E-state index is -0.108. The maximum Gasteiger partial charge on any atom is 0.136 e. The van der Waals surface area contributed by atoms with Crippen LogP contribution in [-0.4, -0.2) is 27.4 Å². The van der Waals surface area contributed by atoms with Crippen molar-refractivity contribution >= 4 is 16.8 Å². The highest BCUT2D eigenvalue weighted by Crippen LogP contribution is 2.40. The highest BCUT2D eigenvalue weighted by atomic mass is 16.7. The molecule has 0 unspecified atom stereocenters. The molecule has 5 rings (SSSR count). The van der Waals surface area contributed by atoms with E-state index < -0.39 is 0 Å². The van der Waals surface area contributed by atoms with Crippen LogP contribution >= 0.6 is 0 Å². The van der Waals surface area contributed by atoms with Crippen molar-refractivity contribution in [2.75, 3.05) is 6.61 Å². The van der Waals surface area contributed by atoms with Crippen molar-refractivity contribution in [2.24, 2.45) is 0 Å². The topological polar surface area (TPSA) is 58.2 Å². The van der Waals surface area contributed by atoms with Crippen LogP contribution in [0.1, 0.15) is 41.9 Å². The highest BCUT2D eigenvalue weighted by molar-refractivity contribution is 5.81. The van der Waals surface area contributed by atoms with Crippen molar-refractivity contribution < 1.29 is 9.63 Å². The zero-order chi connectivity index (χ0) is 21.0. The van der Waals surface area contributed by atoms with Gasteiger partial charge in [-0.05, 0) is 23.3 Å². The summed E-state index contributed by atoms with van der Waals surface area (Å²) in [6.07, 6.45) is 1.58. The molecule has 0 spiro atoms. The van der Waals surface area contributed by atoms with Gasteiger partial charge in [-0.3, -0.25) is 9.63 Å². The maximum atomic E-state index is 12.7. The predicted molar refractivity (Wildman–Crippen MR) is 120 cm³/mol. The molecule has 2 heterocycles. The fraction of sp³-hybridized carbons (Fsp3) is 0.231. The molecule has 1 aromatic heterocycles. The van der Waals surface area contributed by atoms with Gasteiger partial charge in [-0.2, -0.15) is 5.06 Å². The molecular weight excluding hydrogens is 386 g/mol. The Morgan fingerprint density at radius 1 is 0.839 bits per heavy atom. The van der Waals surface area contributed by atoms with E-state index in [2.05, 4.69) is 34.2 Å². The molecule has 1 aliphatic heterocycles. The molecule has 5 heteroatoms. The first-order valence-corrected chi connectivity index (χ1v) is 10.7. The average molecular weight is 412 g/mol. The summed E-state index contributed by atoms with van der Waals surface area (Å²) in [6, 6.07) is 28.1. The third-order valence-corrected chi connectivity index (χ3v) is 5.84. The molecule has 5 nitrogen and oxygen atoms in total. The van der Waals surface area contributed by atoms with Gasteiger partial charge in [0.2, 0.25) is 0 Å². The standard InChI is InChI=1S/C26H25N3O2/c30-21-17-24(19-9-3-1-4-10-19)29(25(18-21)20-11-5-2-6-12-20)31-16-15-26-27-22-13-7-8-14-23(22)28-26/h1-14,24-25H,15-18H2,(H,27,28)/t24-,25+. The van der Waals surface area contributed by atoms with E-state index in [4.69, 9.17) is 4.84 Å². The Labute approximate surface area is 181 Å². The molecule has 1 N–H and O–H groups in total. The molecule has 3 aromatic carbocycles. The Morgan fingerprint density at radius 3 is 2.03 bits per heavy atom. The number of piperidine rings is 1. The lowest BCUT2D eigenvalue weighted by molar-refractivity contribution is -0.228. The molecule has 0 bridgehead atoms. The third kappa shape index (κ3) is 4.29. The van der Waals surface area contributed by atoms with Crippen LogP contribution in [-0.2, 0) is 16.1 Å². The molecule has 2 atom stereocenters. The molecule has 4 aromatic rings. The monoisotopic (exact) mass is 411 g/mol. The second kappa shape index (κ2) is 8.84. The molecule has 1 saturated heterocycles. The average Bonchev–Trinajstić information content (AvgIpc) is 3.23. The van der Waals surface area contributed by atoms with Crippen molar-refractivity contribution in [2.45, 2.75) is 31.3 Å². The lowest BCUT2D eigenvalue weighted by atomic mass is 9.89. The summed E-state index contributed by atoms with van der Waals surface area (Å²) in [5.41, 5.74) is 4.19. The van der Waals surface area contributed by atoms with E-state index in [1.807, 2.05) is 65.7 Å². The number of rotatable bonds is 6. The number of ketones is 1. The predicted octanol–water partition coefficient (Wildman–Crippen LogP) is 5.18. The largest absolute Gasteiger partial charge is 0.342 e. The number of Topliss-reactive ketones (excluding diaryl/α,β-unsaturated/α-hetero) is 1. The minimum absolute atomic E-state index is 0.108. The number of nitrogens with zero attached hydrogens (tertiary/aromatic N) is 2. The number of H-pyrrole nitrogens is 1. The van der Waals surface area contributed by atoms with Crippen LogP contribution in [0.5, 0.6) is 0 Å². The van der Waals surface area contributed by atoms with E-state index in [-0.39, 0.29) is 17.9 Å². The zero-order valence-corrected chi connectivity index (χ0v) is 17.3. The van der Waals surface area contributed by atoms with Crippen LogP contribution in [0.3, 0.4) is 0 Å². The number of hydrogen-bond donors (Lipinski definition) is 1. The van der Waals surface area contributed by atoms with Gasteiger partial charge in [0.05, 0.1) is 29.7 Å². The molecule has 0 radical (unpaired) electrons. The summed E-state index contributed by atoms with van der Waals surface area (Å²) in [7, 11) is 0. The SMILES string of the molecule is O=C1C[C@H](c2ccccc2)N(OCCc2nc3ccccc3[nH]2)[C@H](c2ccccc2)C1. The number of aromatic amines is 1. The van der Waals surface area contributed by atoms with Gasteiger partial charge < -0.3 is 4.98 Å². The Balaban J connectivity index is 1.39. The lowest BCUT2D eigenvalue weighted by Crippen LogP contribution is -2.40. The Hall–Kier alpha value is -3.28. The van der Waals surface area contributed by atoms with Crippen LogP contribution in [0.15, 0.2) is 84.9 Å². The fourth-order valence-corrected chi connectivity index (χ4v) is 4.34.